The molecule has 1 saturated heterocycles. The molecule has 0 spiro atoms. The molecular formula is C22H22N6O2. The Morgan fingerprint density at radius 2 is 1.90 bits per heavy atom. The number of aromatic nitrogens is 4. The fraction of sp³-hybridized carbons (Fsp3) is 0.364. The number of carbonyl (C=O) groups excluding carboxylic acids is 1. The van der Waals surface area contributed by atoms with Crippen molar-refractivity contribution in [1.82, 2.24) is 24.5 Å². The number of nitrogens with zero attached hydrogens (tertiary/aromatic N) is 6. The van der Waals surface area contributed by atoms with Gasteiger partial charge in [-0.25, -0.2) is 9.38 Å². The van der Waals surface area contributed by atoms with Crippen molar-refractivity contribution in [3.63, 3.8) is 0 Å². The van der Waals surface area contributed by atoms with Gasteiger partial charge in [0.05, 0.1) is 11.8 Å². The largest absolute Gasteiger partial charge is 0.461 e. The first kappa shape index (κ1) is 17.4. The number of furan rings is 1. The molecule has 152 valence electrons. The molecule has 2 aliphatic rings. The number of benzene rings is 1. The van der Waals surface area contributed by atoms with Gasteiger partial charge in [-0.3, -0.25) is 4.79 Å². The summed E-state index contributed by atoms with van der Waals surface area (Å²) in [6.07, 6.45) is 4.63. The van der Waals surface area contributed by atoms with Crippen molar-refractivity contribution >= 4 is 28.4 Å². The molecule has 1 aliphatic carbocycles. The molecule has 0 unspecified atom stereocenters. The monoisotopic (exact) mass is 402 g/mol. The standard InChI is InChI=1S/C22H22N6O2/c29-21(15-8-9-15)26-10-4-11-27(13-12-26)22-23-17-6-2-1-5-16(17)19-24-25-20(28(19)22)18-7-3-14-30-18/h1-3,5-7,14-15H,4,8-13H2. The summed E-state index contributed by atoms with van der Waals surface area (Å²) in [5.41, 5.74) is 1.64. The minimum atomic E-state index is 0.255. The average molecular weight is 402 g/mol. The number of hydrogen-bond acceptors (Lipinski definition) is 6. The van der Waals surface area contributed by atoms with Crippen molar-refractivity contribution in [3.05, 3.63) is 42.7 Å². The zero-order chi connectivity index (χ0) is 20.1. The molecule has 1 amide bonds. The van der Waals surface area contributed by atoms with E-state index in [1.807, 2.05) is 45.7 Å². The molecule has 1 aromatic carbocycles. The summed E-state index contributed by atoms with van der Waals surface area (Å²) < 4.78 is 7.61. The lowest BCUT2D eigenvalue weighted by Crippen LogP contribution is -2.36. The van der Waals surface area contributed by atoms with Gasteiger partial charge in [0.15, 0.2) is 11.4 Å². The van der Waals surface area contributed by atoms with Crippen LogP contribution in [0.25, 0.3) is 28.1 Å². The third-order valence-corrected chi connectivity index (χ3v) is 5.99. The molecule has 30 heavy (non-hydrogen) atoms. The first-order valence-corrected chi connectivity index (χ1v) is 10.5. The van der Waals surface area contributed by atoms with E-state index in [1.54, 1.807) is 6.26 Å². The first-order chi connectivity index (χ1) is 14.8. The van der Waals surface area contributed by atoms with Crippen LogP contribution < -0.4 is 4.90 Å². The Labute approximate surface area is 173 Å². The lowest BCUT2D eigenvalue weighted by molar-refractivity contribution is -0.132. The minimum Gasteiger partial charge on any atom is -0.461 e. The quantitative estimate of drug-likeness (QED) is 0.524. The maximum atomic E-state index is 12.6. The molecule has 0 radical (unpaired) electrons. The Balaban J connectivity index is 1.46. The van der Waals surface area contributed by atoms with Gasteiger partial charge < -0.3 is 14.2 Å². The first-order valence-electron chi connectivity index (χ1n) is 10.5. The molecule has 1 aliphatic heterocycles. The fourth-order valence-corrected chi connectivity index (χ4v) is 4.27. The molecule has 0 atom stereocenters. The van der Waals surface area contributed by atoms with Crippen LogP contribution in [0.5, 0.6) is 0 Å². The van der Waals surface area contributed by atoms with Crippen LogP contribution in [-0.2, 0) is 4.79 Å². The molecule has 1 saturated carbocycles. The average Bonchev–Trinajstić information content (AvgIpc) is 3.39. The predicted molar refractivity (Wildman–Crippen MR) is 112 cm³/mol. The lowest BCUT2D eigenvalue weighted by Gasteiger charge is -2.24. The Bertz CT molecular complexity index is 1230. The summed E-state index contributed by atoms with van der Waals surface area (Å²) in [5.74, 6) is 2.65. The van der Waals surface area contributed by atoms with Gasteiger partial charge in [0.1, 0.15) is 0 Å². The molecule has 8 nitrogen and oxygen atoms in total. The van der Waals surface area contributed by atoms with Crippen molar-refractivity contribution in [2.45, 2.75) is 19.3 Å². The molecule has 3 aromatic heterocycles. The number of anilines is 1. The van der Waals surface area contributed by atoms with Gasteiger partial charge in [0.2, 0.25) is 17.7 Å². The van der Waals surface area contributed by atoms with E-state index in [-0.39, 0.29) is 5.92 Å². The summed E-state index contributed by atoms with van der Waals surface area (Å²) in [7, 11) is 0. The molecule has 8 heteroatoms. The van der Waals surface area contributed by atoms with E-state index in [9.17, 15) is 4.79 Å². The van der Waals surface area contributed by atoms with Crippen LogP contribution in [0.1, 0.15) is 19.3 Å². The molecular weight excluding hydrogens is 380 g/mol. The van der Waals surface area contributed by atoms with Crippen molar-refractivity contribution in [2.75, 3.05) is 31.1 Å². The maximum Gasteiger partial charge on any atom is 0.225 e. The molecule has 0 N–H and O–H groups in total. The number of rotatable bonds is 3. The summed E-state index contributed by atoms with van der Waals surface area (Å²) in [5, 5.41) is 9.86. The number of amides is 1. The van der Waals surface area contributed by atoms with Gasteiger partial charge in [-0.1, -0.05) is 12.1 Å². The fourth-order valence-electron chi connectivity index (χ4n) is 4.27. The van der Waals surface area contributed by atoms with Crippen LogP contribution >= 0.6 is 0 Å². The number of para-hydroxylation sites is 1. The van der Waals surface area contributed by atoms with Gasteiger partial charge in [0.25, 0.3) is 0 Å². The van der Waals surface area contributed by atoms with Crippen LogP contribution in [0.4, 0.5) is 5.95 Å². The second-order valence-electron chi connectivity index (χ2n) is 8.03. The van der Waals surface area contributed by atoms with E-state index >= 15 is 0 Å². The summed E-state index contributed by atoms with van der Waals surface area (Å²) in [6, 6.07) is 11.7. The zero-order valence-electron chi connectivity index (χ0n) is 16.6. The highest BCUT2D eigenvalue weighted by atomic mass is 16.3. The third kappa shape index (κ3) is 2.82. The van der Waals surface area contributed by atoms with Crippen molar-refractivity contribution in [1.29, 1.82) is 0 Å². The number of fused-ring (bicyclic) bond motifs is 3. The van der Waals surface area contributed by atoms with Gasteiger partial charge in [-0.05, 0) is 43.5 Å². The predicted octanol–water partition coefficient (Wildman–Crippen LogP) is 2.99. The van der Waals surface area contributed by atoms with Gasteiger partial charge >= 0.3 is 0 Å². The SMILES string of the molecule is O=C(C1CC1)N1CCCN(c2nc3ccccc3c3nnc(-c4ccco4)n23)CC1. The highest BCUT2D eigenvalue weighted by molar-refractivity contribution is 5.93. The van der Waals surface area contributed by atoms with Crippen LogP contribution in [0.3, 0.4) is 0 Å². The summed E-state index contributed by atoms with van der Waals surface area (Å²) >= 11 is 0. The minimum absolute atomic E-state index is 0.255. The van der Waals surface area contributed by atoms with Crippen molar-refractivity contribution in [3.8, 4) is 11.6 Å². The second-order valence-corrected chi connectivity index (χ2v) is 8.03. The van der Waals surface area contributed by atoms with Crippen molar-refractivity contribution in [2.24, 2.45) is 5.92 Å². The molecule has 4 heterocycles. The highest BCUT2D eigenvalue weighted by Gasteiger charge is 2.34. The number of carbonyl (C=O) groups is 1. The zero-order valence-corrected chi connectivity index (χ0v) is 16.6. The van der Waals surface area contributed by atoms with E-state index in [4.69, 9.17) is 9.40 Å². The van der Waals surface area contributed by atoms with Gasteiger partial charge in [-0.2, -0.15) is 0 Å². The molecule has 6 rings (SSSR count). The highest BCUT2D eigenvalue weighted by Crippen LogP contribution is 2.32. The van der Waals surface area contributed by atoms with E-state index < -0.39 is 0 Å². The topological polar surface area (TPSA) is 79.8 Å². The Morgan fingerprint density at radius 1 is 1.00 bits per heavy atom. The Morgan fingerprint density at radius 3 is 2.73 bits per heavy atom. The van der Waals surface area contributed by atoms with Crippen LogP contribution in [-0.4, -0.2) is 56.6 Å². The summed E-state index contributed by atoms with van der Waals surface area (Å²) in [6.45, 7) is 3.07. The Kier molecular flexibility index (Phi) is 3.97. The second kappa shape index (κ2) is 6.83. The van der Waals surface area contributed by atoms with E-state index in [0.717, 1.165) is 61.4 Å². The number of hydrogen-bond donors (Lipinski definition) is 0. The van der Waals surface area contributed by atoms with Crippen molar-refractivity contribution < 1.29 is 9.21 Å². The van der Waals surface area contributed by atoms with Crippen LogP contribution in [0, 0.1) is 5.92 Å². The molecule has 4 aromatic rings. The van der Waals surface area contributed by atoms with E-state index in [2.05, 4.69) is 15.1 Å². The van der Waals surface area contributed by atoms with Crippen LogP contribution in [0.15, 0.2) is 47.1 Å². The third-order valence-electron chi connectivity index (χ3n) is 5.99. The van der Waals surface area contributed by atoms with Gasteiger partial charge in [0, 0.05) is 37.5 Å². The Hall–Kier alpha value is -3.42. The normalized spacial score (nSPS) is 17.6. The van der Waals surface area contributed by atoms with E-state index in [1.165, 1.54) is 0 Å². The smallest absolute Gasteiger partial charge is 0.225 e. The van der Waals surface area contributed by atoms with E-state index in [0.29, 0.717) is 24.0 Å². The maximum absolute atomic E-state index is 12.6. The summed E-state index contributed by atoms with van der Waals surface area (Å²) in [4.78, 5) is 21.8. The molecule has 0 bridgehead atoms. The lowest BCUT2D eigenvalue weighted by atomic mass is 10.2. The molecule has 2 fully saturated rings. The van der Waals surface area contributed by atoms with Gasteiger partial charge in [-0.15, -0.1) is 10.2 Å². The van der Waals surface area contributed by atoms with Crippen LogP contribution in [0.2, 0.25) is 0 Å².